The van der Waals surface area contributed by atoms with Crippen LogP contribution in [0.3, 0.4) is 0 Å². The Hall–Kier alpha value is -2.57. The molecule has 0 radical (unpaired) electrons. The van der Waals surface area contributed by atoms with E-state index in [0.29, 0.717) is 5.82 Å². The quantitative estimate of drug-likeness (QED) is 0.806. The number of hydrogen-bond acceptors (Lipinski definition) is 4. The van der Waals surface area contributed by atoms with Gasteiger partial charge >= 0.3 is 5.91 Å². The van der Waals surface area contributed by atoms with Gasteiger partial charge in [0.2, 0.25) is 12.3 Å². The number of rotatable bonds is 5. The lowest BCUT2D eigenvalue weighted by atomic mass is 9.95. The molecule has 1 aromatic rings. The molecule has 0 bridgehead atoms. The van der Waals surface area contributed by atoms with Gasteiger partial charge in [-0.05, 0) is 19.3 Å². The van der Waals surface area contributed by atoms with E-state index in [-0.39, 0.29) is 30.4 Å². The average Bonchev–Trinajstić information content (AvgIpc) is 3.10. The lowest BCUT2D eigenvalue weighted by Gasteiger charge is -2.24. The summed E-state index contributed by atoms with van der Waals surface area (Å²) in [5.74, 6) is 0.772. The standard InChI is InChI=1S/C20H25N5O2/c1-2-8-17-22-23-19-20(27)24(15-11-6-7-12-16(15)25(17)19)13-18(26)21-14-9-4-3-5-10-14/h6-7,11-12,14,16H,2-5,8-10,13H2,1H3/p+1. The molecule has 1 saturated carbocycles. The molecule has 3 aliphatic rings. The number of nitrogens with one attached hydrogen (secondary N) is 1. The molecule has 2 aliphatic carbocycles. The first-order chi connectivity index (χ1) is 13.2. The molecule has 142 valence electrons. The van der Waals surface area contributed by atoms with Crippen LogP contribution in [0.4, 0.5) is 0 Å². The summed E-state index contributed by atoms with van der Waals surface area (Å²) in [6, 6.07) is 0.0928. The van der Waals surface area contributed by atoms with Crippen molar-refractivity contribution >= 4 is 17.5 Å². The van der Waals surface area contributed by atoms with Crippen molar-refractivity contribution in [2.45, 2.75) is 64.0 Å². The third kappa shape index (κ3) is 3.38. The van der Waals surface area contributed by atoms with Gasteiger partial charge in [0.25, 0.3) is 11.7 Å². The largest absolute Gasteiger partial charge is 0.457 e. The van der Waals surface area contributed by atoms with Gasteiger partial charge in [-0.15, -0.1) is 14.8 Å². The fourth-order valence-electron chi connectivity index (χ4n) is 4.21. The van der Waals surface area contributed by atoms with E-state index in [1.807, 2.05) is 28.9 Å². The van der Waals surface area contributed by atoms with Crippen LogP contribution in [0.2, 0.25) is 0 Å². The second-order valence-electron chi connectivity index (χ2n) is 7.47. The number of fused-ring (bicyclic) bond motifs is 3. The van der Waals surface area contributed by atoms with E-state index >= 15 is 0 Å². The second kappa shape index (κ2) is 7.58. The van der Waals surface area contributed by atoms with Crippen LogP contribution in [0.25, 0.3) is 0 Å². The minimum atomic E-state index is -0.255. The summed E-state index contributed by atoms with van der Waals surface area (Å²) in [5, 5.41) is 11.5. The SMILES string of the molecule is CCCc1nnc2n1C1C=CC=CC1=[N+](CC(=O)NC1CCCCC1)C2=O. The summed E-state index contributed by atoms with van der Waals surface area (Å²) in [7, 11) is 0. The van der Waals surface area contributed by atoms with Gasteiger partial charge in [-0.3, -0.25) is 9.36 Å². The Morgan fingerprint density at radius 2 is 2.07 bits per heavy atom. The predicted octanol–water partition coefficient (Wildman–Crippen LogP) is 1.95. The number of amides is 2. The van der Waals surface area contributed by atoms with Crippen molar-refractivity contribution in [3.8, 4) is 0 Å². The Morgan fingerprint density at radius 3 is 2.85 bits per heavy atom. The summed E-state index contributed by atoms with van der Waals surface area (Å²) < 4.78 is 3.47. The number of aromatic nitrogens is 3. The van der Waals surface area contributed by atoms with Crippen molar-refractivity contribution < 1.29 is 14.2 Å². The first kappa shape index (κ1) is 17.8. The molecule has 0 spiro atoms. The normalized spacial score (nSPS) is 22.0. The first-order valence-electron chi connectivity index (χ1n) is 9.95. The lowest BCUT2D eigenvalue weighted by Crippen LogP contribution is -2.47. The van der Waals surface area contributed by atoms with Crippen LogP contribution < -0.4 is 5.32 Å². The number of allylic oxidation sites excluding steroid dienone is 4. The molecule has 1 N–H and O–H groups in total. The van der Waals surface area contributed by atoms with E-state index in [1.165, 1.54) is 6.42 Å². The molecular weight excluding hydrogens is 342 g/mol. The zero-order valence-electron chi connectivity index (χ0n) is 15.7. The third-order valence-corrected chi connectivity index (χ3v) is 5.51. The number of aryl methyl sites for hydroxylation is 1. The van der Waals surface area contributed by atoms with E-state index in [9.17, 15) is 9.59 Å². The summed E-state index contributed by atoms with van der Waals surface area (Å²) in [6.07, 6.45) is 15.1. The molecule has 27 heavy (non-hydrogen) atoms. The maximum atomic E-state index is 13.1. The van der Waals surface area contributed by atoms with Gasteiger partial charge in [0, 0.05) is 18.5 Å². The van der Waals surface area contributed by atoms with Crippen LogP contribution in [0.1, 0.15) is 67.9 Å². The Bertz CT molecular complexity index is 843. The van der Waals surface area contributed by atoms with Crippen molar-refractivity contribution in [2.75, 3.05) is 6.54 Å². The smallest absolute Gasteiger partial charge is 0.348 e. The summed E-state index contributed by atoms with van der Waals surface area (Å²) >= 11 is 0. The summed E-state index contributed by atoms with van der Waals surface area (Å²) in [6.45, 7) is 2.10. The minimum absolute atomic E-state index is 0.0231. The van der Waals surface area contributed by atoms with Crippen molar-refractivity contribution in [3.63, 3.8) is 0 Å². The molecule has 1 aliphatic heterocycles. The molecule has 2 amide bonds. The van der Waals surface area contributed by atoms with Crippen LogP contribution >= 0.6 is 0 Å². The van der Waals surface area contributed by atoms with Crippen molar-refractivity contribution in [1.82, 2.24) is 20.1 Å². The molecule has 1 fully saturated rings. The summed E-state index contributed by atoms with van der Waals surface area (Å²) in [4.78, 5) is 25.7. The topological polar surface area (TPSA) is 79.9 Å². The lowest BCUT2D eigenvalue weighted by molar-refractivity contribution is -0.421. The number of carbonyl (C=O) groups is 2. The molecule has 7 heteroatoms. The van der Waals surface area contributed by atoms with Crippen LogP contribution in [-0.4, -0.2) is 49.5 Å². The first-order valence-corrected chi connectivity index (χ1v) is 9.95. The van der Waals surface area contributed by atoms with Gasteiger partial charge in [0.15, 0.2) is 0 Å². The molecule has 0 aromatic carbocycles. The monoisotopic (exact) mass is 368 g/mol. The fourth-order valence-corrected chi connectivity index (χ4v) is 4.21. The zero-order chi connectivity index (χ0) is 18.8. The van der Waals surface area contributed by atoms with Crippen molar-refractivity contribution in [2.24, 2.45) is 0 Å². The maximum Gasteiger partial charge on any atom is 0.457 e. The average molecular weight is 368 g/mol. The summed E-state index contributed by atoms with van der Waals surface area (Å²) in [5.41, 5.74) is 0.811. The minimum Gasteiger partial charge on any atom is -0.348 e. The Morgan fingerprint density at radius 1 is 1.26 bits per heavy atom. The van der Waals surface area contributed by atoms with Crippen LogP contribution in [0.5, 0.6) is 0 Å². The van der Waals surface area contributed by atoms with Crippen molar-refractivity contribution in [1.29, 1.82) is 0 Å². The number of nitrogens with zero attached hydrogens (tertiary/aromatic N) is 4. The van der Waals surface area contributed by atoms with E-state index in [0.717, 1.165) is 50.1 Å². The molecule has 4 rings (SSSR count). The maximum absolute atomic E-state index is 13.1. The highest BCUT2D eigenvalue weighted by Gasteiger charge is 2.43. The highest BCUT2D eigenvalue weighted by atomic mass is 16.2. The highest BCUT2D eigenvalue weighted by Crippen LogP contribution is 2.25. The van der Waals surface area contributed by atoms with E-state index in [4.69, 9.17) is 0 Å². The fraction of sp³-hybridized carbons (Fsp3) is 0.550. The van der Waals surface area contributed by atoms with Gasteiger partial charge in [0.05, 0.1) is 0 Å². The van der Waals surface area contributed by atoms with Crippen LogP contribution in [-0.2, 0) is 11.2 Å². The molecular formula is C20H26N5O2+. The van der Waals surface area contributed by atoms with E-state index in [2.05, 4.69) is 22.4 Å². The Balaban J connectivity index is 1.61. The second-order valence-corrected chi connectivity index (χ2v) is 7.47. The Kier molecular flexibility index (Phi) is 5.01. The van der Waals surface area contributed by atoms with E-state index in [1.54, 1.807) is 4.58 Å². The number of carbonyl (C=O) groups excluding carboxylic acids is 2. The molecule has 1 unspecified atom stereocenters. The van der Waals surface area contributed by atoms with Gasteiger partial charge in [-0.25, -0.2) is 4.79 Å². The van der Waals surface area contributed by atoms with Crippen LogP contribution in [0.15, 0.2) is 24.3 Å². The Labute approximate surface area is 158 Å². The van der Waals surface area contributed by atoms with Gasteiger partial charge < -0.3 is 5.32 Å². The highest BCUT2D eigenvalue weighted by molar-refractivity contribution is 6.04. The predicted molar refractivity (Wildman–Crippen MR) is 101 cm³/mol. The van der Waals surface area contributed by atoms with Gasteiger partial charge in [-0.1, -0.05) is 44.4 Å². The van der Waals surface area contributed by atoms with E-state index < -0.39 is 0 Å². The molecule has 2 heterocycles. The molecule has 1 aromatic heterocycles. The third-order valence-electron chi connectivity index (χ3n) is 5.51. The number of hydrogen-bond donors (Lipinski definition) is 1. The molecule has 0 saturated heterocycles. The molecule has 1 atom stereocenters. The van der Waals surface area contributed by atoms with Gasteiger partial charge in [-0.2, -0.15) is 0 Å². The molecule has 7 nitrogen and oxygen atoms in total. The zero-order valence-corrected chi connectivity index (χ0v) is 15.7. The van der Waals surface area contributed by atoms with Crippen molar-refractivity contribution in [3.05, 3.63) is 36.0 Å². The van der Waals surface area contributed by atoms with Crippen LogP contribution in [0, 0.1) is 0 Å². The van der Waals surface area contributed by atoms with Gasteiger partial charge in [0.1, 0.15) is 11.9 Å².